The highest BCUT2D eigenvalue weighted by atomic mass is 32.2. The Morgan fingerprint density at radius 2 is 1.96 bits per heavy atom. The van der Waals surface area contributed by atoms with Gasteiger partial charge in [0.2, 0.25) is 0 Å². The van der Waals surface area contributed by atoms with E-state index in [1.165, 1.54) is 16.9 Å². The van der Waals surface area contributed by atoms with Crippen molar-refractivity contribution in [2.24, 2.45) is 0 Å². The van der Waals surface area contributed by atoms with Crippen molar-refractivity contribution < 1.29 is 14.3 Å². The third-order valence-corrected chi connectivity index (χ3v) is 4.97. The van der Waals surface area contributed by atoms with Gasteiger partial charge in [0.05, 0.1) is 0 Å². The second kappa shape index (κ2) is 9.37. The molecule has 0 atom stereocenters. The summed E-state index contributed by atoms with van der Waals surface area (Å²) in [5.41, 5.74) is 1.27. The maximum atomic E-state index is 11.7. The lowest BCUT2D eigenvalue weighted by Crippen LogP contribution is -2.30. The summed E-state index contributed by atoms with van der Waals surface area (Å²) >= 11 is 3.11. The van der Waals surface area contributed by atoms with Crippen LogP contribution in [0.1, 0.15) is 20.1 Å². The van der Waals surface area contributed by atoms with E-state index in [9.17, 15) is 9.59 Å². The molecule has 0 fully saturated rings. The molecule has 1 amide bonds. The number of thiophene rings is 1. The number of amides is 1. The normalized spacial score (nSPS) is 10.3. The Balaban J connectivity index is 1.56. The van der Waals surface area contributed by atoms with E-state index in [-0.39, 0.29) is 12.5 Å². The molecule has 1 N–H and O–H groups in total. The van der Waals surface area contributed by atoms with Gasteiger partial charge >= 0.3 is 5.97 Å². The summed E-state index contributed by atoms with van der Waals surface area (Å²) in [5, 5.41) is 2.75. The number of ether oxygens (including phenoxy) is 1. The van der Waals surface area contributed by atoms with Crippen molar-refractivity contribution in [2.45, 2.75) is 12.7 Å². The Labute approximate surface area is 144 Å². The van der Waals surface area contributed by atoms with Crippen molar-refractivity contribution in [3.05, 3.63) is 57.8 Å². The molecule has 0 unspecified atom stereocenters. The molecule has 0 bridgehead atoms. The summed E-state index contributed by atoms with van der Waals surface area (Å²) in [7, 11) is 0. The molecule has 23 heavy (non-hydrogen) atoms. The Hall–Kier alpha value is -1.79. The number of aryl methyl sites for hydroxylation is 1. The lowest BCUT2D eigenvalue weighted by molar-refractivity contribution is -0.124. The van der Waals surface area contributed by atoms with Gasteiger partial charge in [-0.05, 0) is 24.6 Å². The number of carbonyl (C=O) groups is 2. The predicted octanol–water partition coefficient (Wildman–Crippen LogP) is 3.26. The highest BCUT2D eigenvalue weighted by Gasteiger charge is 2.11. The van der Waals surface area contributed by atoms with Crippen LogP contribution in [0.3, 0.4) is 0 Å². The van der Waals surface area contributed by atoms with Crippen molar-refractivity contribution in [1.82, 2.24) is 5.32 Å². The van der Waals surface area contributed by atoms with E-state index < -0.39 is 5.97 Å². The Bertz CT molecular complexity index is 640. The first kappa shape index (κ1) is 17.6. The van der Waals surface area contributed by atoms with E-state index >= 15 is 0 Å². The van der Waals surface area contributed by atoms with Crippen molar-refractivity contribution in [2.75, 3.05) is 18.9 Å². The maximum Gasteiger partial charge on any atom is 0.348 e. The van der Waals surface area contributed by atoms with Gasteiger partial charge in [-0.15, -0.1) is 11.3 Å². The molecule has 0 aliphatic heterocycles. The molecule has 0 saturated carbocycles. The highest BCUT2D eigenvalue weighted by Crippen LogP contribution is 2.15. The van der Waals surface area contributed by atoms with Gasteiger partial charge in [0, 0.05) is 22.9 Å². The maximum absolute atomic E-state index is 11.7. The van der Waals surface area contributed by atoms with Gasteiger partial charge < -0.3 is 10.1 Å². The summed E-state index contributed by atoms with van der Waals surface area (Å²) in [4.78, 5) is 24.9. The lowest BCUT2D eigenvalue weighted by atomic mass is 10.2. The minimum atomic E-state index is -0.447. The van der Waals surface area contributed by atoms with E-state index in [2.05, 4.69) is 17.4 Å². The van der Waals surface area contributed by atoms with Gasteiger partial charge in [0.1, 0.15) is 4.88 Å². The number of benzene rings is 1. The van der Waals surface area contributed by atoms with Crippen LogP contribution >= 0.6 is 23.1 Å². The molecule has 6 heteroatoms. The van der Waals surface area contributed by atoms with E-state index in [1.54, 1.807) is 17.8 Å². The van der Waals surface area contributed by atoms with Crippen LogP contribution < -0.4 is 5.32 Å². The second-order valence-electron chi connectivity index (χ2n) is 4.87. The smallest absolute Gasteiger partial charge is 0.348 e. The summed E-state index contributed by atoms with van der Waals surface area (Å²) < 4.78 is 4.98. The molecule has 1 heterocycles. The largest absolute Gasteiger partial charge is 0.451 e. The highest BCUT2D eigenvalue weighted by molar-refractivity contribution is 7.98. The SMILES string of the molecule is Cc1ccc(C(=O)OCC(=O)NCCSCc2ccccc2)s1. The van der Waals surface area contributed by atoms with E-state index in [0.29, 0.717) is 11.4 Å². The number of thioether (sulfide) groups is 1. The van der Waals surface area contributed by atoms with Crippen LogP contribution in [-0.4, -0.2) is 30.8 Å². The summed E-state index contributed by atoms with van der Waals surface area (Å²) in [6.45, 7) is 2.24. The molecule has 1 aromatic carbocycles. The Kier molecular flexibility index (Phi) is 7.16. The zero-order chi connectivity index (χ0) is 16.5. The van der Waals surface area contributed by atoms with Crippen LogP contribution in [0.15, 0.2) is 42.5 Å². The number of carbonyl (C=O) groups excluding carboxylic acids is 2. The van der Waals surface area contributed by atoms with Gasteiger partial charge in [-0.2, -0.15) is 11.8 Å². The fraction of sp³-hybridized carbons (Fsp3) is 0.294. The average molecular weight is 349 g/mol. The molecule has 1 aromatic heterocycles. The molecule has 0 spiro atoms. The number of rotatable bonds is 8. The molecule has 2 rings (SSSR count). The van der Waals surface area contributed by atoms with Gasteiger partial charge in [-0.3, -0.25) is 4.79 Å². The number of esters is 1. The van der Waals surface area contributed by atoms with Gasteiger partial charge in [0.15, 0.2) is 6.61 Å². The molecule has 2 aromatic rings. The first-order valence-electron chi connectivity index (χ1n) is 7.27. The minimum absolute atomic E-state index is 0.237. The summed E-state index contributed by atoms with van der Waals surface area (Å²) in [6.07, 6.45) is 0. The van der Waals surface area contributed by atoms with E-state index in [1.807, 2.05) is 31.2 Å². The van der Waals surface area contributed by atoms with Crippen molar-refractivity contribution in [1.29, 1.82) is 0 Å². The molecular formula is C17H19NO3S2. The first-order valence-corrected chi connectivity index (χ1v) is 9.24. The third kappa shape index (κ3) is 6.46. The number of nitrogens with one attached hydrogen (secondary N) is 1. The van der Waals surface area contributed by atoms with Crippen molar-refractivity contribution in [3.63, 3.8) is 0 Å². The fourth-order valence-corrected chi connectivity index (χ4v) is 3.40. The van der Waals surface area contributed by atoms with E-state index in [4.69, 9.17) is 4.74 Å². The van der Waals surface area contributed by atoms with Crippen molar-refractivity contribution >= 4 is 35.0 Å². The summed E-state index contributed by atoms with van der Waals surface area (Å²) in [5.74, 6) is 1.02. The van der Waals surface area contributed by atoms with Crippen LogP contribution in [0.25, 0.3) is 0 Å². The lowest BCUT2D eigenvalue weighted by Gasteiger charge is -2.06. The molecule has 4 nitrogen and oxygen atoms in total. The standard InChI is InChI=1S/C17H19NO3S2/c1-13-7-8-15(23-13)17(20)21-11-16(19)18-9-10-22-12-14-5-3-2-4-6-14/h2-8H,9-12H2,1H3,(H,18,19). The zero-order valence-corrected chi connectivity index (χ0v) is 14.5. The number of hydrogen-bond donors (Lipinski definition) is 1. The minimum Gasteiger partial charge on any atom is -0.451 e. The van der Waals surface area contributed by atoms with Gasteiger partial charge in [0.25, 0.3) is 5.91 Å². The summed E-state index contributed by atoms with van der Waals surface area (Å²) in [6, 6.07) is 13.7. The zero-order valence-electron chi connectivity index (χ0n) is 12.9. The van der Waals surface area contributed by atoms with Crippen LogP contribution in [0, 0.1) is 6.92 Å². The van der Waals surface area contributed by atoms with Gasteiger partial charge in [-0.1, -0.05) is 30.3 Å². The molecule has 0 saturated heterocycles. The second-order valence-corrected chi connectivity index (χ2v) is 7.27. The first-order chi connectivity index (χ1) is 11.1. The van der Waals surface area contributed by atoms with Gasteiger partial charge in [-0.25, -0.2) is 4.79 Å². The molecule has 0 aliphatic carbocycles. The predicted molar refractivity (Wildman–Crippen MR) is 95.0 cm³/mol. The van der Waals surface area contributed by atoms with Crippen LogP contribution in [0.2, 0.25) is 0 Å². The quantitative estimate of drug-likeness (QED) is 0.587. The fourth-order valence-electron chi connectivity index (χ4n) is 1.82. The molecule has 0 radical (unpaired) electrons. The number of hydrogen-bond acceptors (Lipinski definition) is 5. The molecule has 0 aliphatic rings. The third-order valence-electron chi connectivity index (χ3n) is 2.96. The van der Waals surface area contributed by atoms with Crippen molar-refractivity contribution in [3.8, 4) is 0 Å². The monoisotopic (exact) mass is 349 g/mol. The van der Waals surface area contributed by atoms with Crippen LogP contribution in [0.5, 0.6) is 0 Å². The van der Waals surface area contributed by atoms with E-state index in [0.717, 1.165) is 16.4 Å². The molecule has 122 valence electrons. The molecular weight excluding hydrogens is 330 g/mol. The van der Waals surface area contributed by atoms with Crippen LogP contribution in [-0.2, 0) is 15.3 Å². The Morgan fingerprint density at radius 3 is 2.65 bits per heavy atom. The topological polar surface area (TPSA) is 55.4 Å². The average Bonchev–Trinajstić information content (AvgIpc) is 3.00. The van der Waals surface area contributed by atoms with Crippen LogP contribution in [0.4, 0.5) is 0 Å². The Morgan fingerprint density at radius 1 is 1.17 bits per heavy atom.